The molecule has 3 aromatic rings. The summed E-state index contributed by atoms with van der Waals surface area (Å²) >= 11 is 0. The van der Waals surface area contributed by atoms with Gasteiger partial charge in [-0.3, -0.25) is 5.32 Å². The Morgan fingerprint density at radius 2 is 1.97 bits per heavy atom. The fourth-order valence-corrected chi connectivity index (χ4v) is 3.41. The van der Waals surface area contributed by atoms with Crippen molar-refractivity contribution in [3.05, 3.63) is 76.4 Å². The van der Waals surface area contributed by atoms with E-state index in [1.807, 2.05) is 6.07 Å². The molecule has 1 aliphatic heterocycles. The Morgan fingerprint density at radius 1 is 1.15 bits per heavy atom. The van der Waals surface area contributed by atoms with Crippen molar-refractivity contribution in [1.82, 2.24) is 10.3 Å². The van der Waals surface area contributed by atoms with Crippen LogP contribution in [-0.4, -0.2) is 10.9 Å². The molecule has 1 aliphatic rings. The lowest BCUT2D eigenvalue weighted by molar-refractivity contribution is 0.289. The molecule has 2 aromatic carbocycles. The Kier molecular flexibility index (Phi) is 5.62. The number of nitrogen functional groups attached to an aromatic ring is 2. The number of nitriles is 2. The second kappa shape index (κ2) is 8.69. The number of aliphatic imine (C=N–C) groups is 1. The number of benzene rings is 2. The summed E-state index contributed by atoms with van der Waals surface area (Å²) in [6, 6.07) is 11.0. The molecular weight excluding hydrogens is 430 g/mol. The van der Waals surface area contributed by atoms with E-state index in [2.05, 4.69) is 20.6 Å². The maximum absolute atomic E-state index is 14.9. The fourth-order valence-electron chi connectivity index (χ4n) is 3.41. The molecule has 6 N–H and O–H groups in total. The van der Waals surface area contributed by atoms with Gasteiger partial charge in [0, 0.05) is 5.56 Å². The number of ether oxygens (including phenoxy) is 1. The molecule has 164 valence electrons. The summed E-state index contributed by atoms with van der Waals surface area (Å²) in [7, 11) is 0. The van der Waals surface area contributed by atoms with Crippen molar-refractivity contribution in [2.75, 3.05) is 16.8 Å². The van der Waals surface area contributed by atoms with Crippen molar-refractivity contribution in [1.29, 1.82) is 10.5 Å². The van der Waals surface area contributed by atoms with E-state index in [0.717, 1.165) is 0 Å². The van der Waals surface area contributed by atoms with Gasteiger partial charge in [0.1, 0.15) is 41.7 Å². The van der Waals surface area contributed by atoms with Crippen molar-refractivity contribution < 1.29 is 13.5 Å². The Hall–Kier alpha value is -4.90. The molecule has 2 heterocycles. The first kappa shape index (κ1) is 21.3. The van der Waals surface area contributed by atoms with Crippen LogP contribution in [0, 0.1) is 34.4 Å². The molecule has 11 heteroatoms. The van der Waals surface area contributed by atoms with Gasteiger partial charge in [0.25, 0.3) is 0 Å². The third-order valence-electron chi connectivity index (χ3n) is 4.91. The molecule has 0 fully saturated rings. The van der Waals surface area contributed by atoms with Crippen LogP contribution in [0.4, 0.5) is 26.1 Å². The van der Waals surface area contributed by atoms with Gasteiger partial charge >= 0.3 is 0 Å². The second-order valence-electron chi connectivity index (χ2n) is 7.01. The SMILES string of the molecule is N#CNC1=NC(c2ccc(OCc3cccc(F)c3)c(F)c2)c2c(nc(N)c(C#N)c2N)N1. The van der Waals surface area contributed by atoms with Crippen LogP contribution in [0.5, 0.6) is 5.75 Å². The van der Waals surface area contributed by atoms with Crippen LogP contribution in [0.3, 0.4) is 0 Å². The summed E-state index contributed by atoms with van der Waals surface area (Å²) < 4.78 is 33.7. The van der Waals surface area contributed by atoms with E-state index < -0.39 is 17.7 Å². The molecule has 9 nitrogen and oxygen atoms in total. The smallest absolute Gasteiger partial charge is 0.211 e. The molecule has 0 saturated heterocycles. The number of nitrogens with one attached hydrogen (secondary N) is 2. The first-order valence-electron chi connectivity index (χ1n) is 9.56. The maximum Gasteiger partial charge on any atom is 0.211 e. The van der Waals surface area contributed by atoms with Gasteiger partial charge in [-0.05, 0) is 35.4 Å². The van der Waals surface area contributed by atoms with Crippen molar-refractivity contribution in [2.45, 2.75) is 12.6 Å². The molecule has 1 atom stereocenters. The van der Waals surface area contributed by atoms with Crippen LogP contribution >= 0.6 is 0 Å². The Balaban J connectivity index is 1.70. The summed E-state index contributed by atoms with van der Waals surface area (Å²) in [4.78, 5) is 8.52. The minimum absolute atomic E-state index is 0.0250. The van der Waals surface area contributed by atoms with Gasteiger partial charge in [-0.15, -0.1) is 0 Å². The molecular formula is C22H16F2N8O. The number of rotatable bonds is 4. The minimum Gasteiger partial charge on any atom is -0.486 e. The number of nitrogens with two attached hydrogens (primary N) is 2. The zero-order valence-electron chi connectivity index (χ0n) is 16.9. The molecule has 0 aliphatic carbocycles. The van der Waals surface area contributed by atoms with Gasteiger partial charge < -0.3 is 21.5 Å². The first-order chi connectivity index (χ1) is 15.9. The highest BCUT2D eigenvalue weighted by Gasteiger charge is 2.30. The van der Waals surface area contributed by atoms with Gasteiger partial charge in [0.2, 0.25) is 5.96 Å². The van der Waals surface area contributed by atoms with Crippen molar-refractivity contribution in [3.63, 3.8) is 0 Å². The van der Waals surface area contributed by atoms with Crippen molar-refractivity contribution in [3.8, 4) is 18.0 Å². The lowest BCUT2D eigenvalue weighted by atomic mass is 9.95. The zero-order chi connectivity index (χ0) is 23.5. The van der Waals surface area contributed by atoms with E-state index in [1.165, 1.54) is 30.3 Å². The molecule has 1 unspecified atom stereocenters. The summed E-state index contributed by atoms with van der Waals surface area (Å²) in [6.45, 7) is -0.0275. The highest BCUT2D eigenvalue weighted by atomic mass is 19.1. The summed E-state index contributed by atoms with van der Waals surface area (Å²) in [5, 5.41) is 23.5. The summed E-state index contributed by atoms with van der Waals surface area (Å²) in [6.07, 6.45) is 1.74. The normalized spacial score (nSPS) is 14.2. The molecule has 0 saturated carbocycles. The largest absolute Gasteiger partial charge is 0.486 e. The van der Waals surface area contributed by atoms with Gasteiger partial charge in [-0.2, -0.15) is 10.5 Å². The first-order valence-corrected chi connectivity index (χ1v) is 9.56. The van der Waals surface area contributed by atoms with Crippen molar-refractivity contribution >= 4 is 23.3 Å². The molecule has 0 bridgehead atoms. The number of aromatic nitrogens is 1. The Bertz CT molecular complexity index is 1360. The van der Waals surface area contributed by atoms with E-state index in [-0.39, 0.29) is 41.2 Å². The average Bonchev–Trinajstić information content (AvgIpc) is 2.78. The van der Waals surface area contributed by atoms with Crippen LogP contribution in [0.2, 0.25) is 0 Å². The maximum atomic E-state index is 14.9. The number of nitrogens with zero attached hydrogens (tertiary/aromatic N) is 4. The highest BCUT2D eigenvalue weighted by Crippen LogP contribution is 2.41. The lowest BCUT2D eigenvalue weighted by Crippen LogP contribution is -2.32. The van der Waals surface area contributed by atoms with E-state index in [9.17, 15) is 14.0 Å². The lowest BCUT2D eigenvalue weighted by Gasteiger charge is -2.26. The quantitative estimate of drug-likeness (QED) is 0.352. The van der Waals surface area contributed by atoms with Crippen LogP contribution in [0.15, 0.2) is 47.5 Å². The van der Waals surface area contributed by atoms with E-state index in [1.54, 1.807) is 18.3 Å². The minimum atomic E-state index is -0.885. The summed E-state index contributed by atoms with van der Waals surface area (Å²) in [5.41, 5.74) is 13.2. The van der Waals surface area contributed by atoms with Crippen molar-refractivity contribution in [2.24, 2.45) is 4.99 Å². The number of hydrogen-bond donors (Lipinski definition) is 4. The second-order valence-corrected chi connectivity index (χ2v) is 7.01. The number of pyridine rings is 1. The molecule has 4 rings (SSSR count). The van der Waals surface area contributed by atoms with Crippen LogP contribution in [0.1, 0.15) is 28.3 Å². The molecule has 0 amide bonds. The molecule has 1 aromatic heterocycles. The van der Waals surface area contributed by atoms with Crippen LogP contribution < -0.4 is 26.8 Å². The predicted molar refractivity (Wildman–Crippen MR) is 117 cm³/mol. The van der Waals surface area contributed by atoms with Gasteiger partial charge in [-0.25, -0.2) is 18.8 Å². The van der Waals surface area contributed by atoms with Gasteiger partial charge in [0.05, 0.1) is 5.69 Å². The average molecular weight is 446 g/mol. The van der Waals surface area contributed by atoms with Gasteiger partial charge in [-0.1, -0.05) is 18.2 Å². The third kappa shape index (κ3) is 4.16. The zero-order valence-corrected chi connectivity index (χ0v) is 16.9. The van der Waals surface area contributed by atoms with E-state index in [4.69, 9.17) is 21.5 Å². The van der Waals surface area contributed by atoms with Crippen LogP contribution in [0.25, 0.3) is 0 Å². The number of anilines is 3. The topological polar surface area (TPSA) is 158 Å². The third-order valence-corrected chi connectivity index (χ3v) is 4.91. The monoisotopic (exact) mass is 446 g/mol. The fraction of sp³-hybridized carbons (Fsp3) is 0.0909. The van der Waals surface area contributed by atoms with Crippen LogP contribution in [-0.2, 0) is 6.61 Å². The number of halogens is 2. The predicted octanol–water partition coefficient (Wildman–Crippen LogP) is 2.92. The standard InChI is InChI=1S/C22H16F2N8O/c23-13-3-1-2-11(6-13)9-33-16-5-4-12(7-15(16)24)19-17-18(27)14(8-25)20(28)31-21(17)32-22(30-19)29-10-26/h1-7,19H,9H2,(H6,27,28,29,30,31,32). The highest BCUT2D eigenvalue weighted by molar-refractivity contribution is 5.98. The van der Waals surface area contributed by atoms with E-state index in [0.29, 0.717) is 16.7 Å². The Morgan fingerprint density at radius 3 is 2.67 bits per heavy atom. The molecule has 0 spiro atoms. The number of guanidine groups is 1. The Labute approximate surface area is 186 Å². The number of hydrogen-bond acceptors (Lipinski definition) is 9. The summed E-state index contributed by atoms with van der Waals surface area (Å²) in [5.74, 6) is -0.995. The van der Waals surface area contributed by atoms with Gasteiger partial charge in [0.15, 0.2) is 17.8 Å². The molecule has 33 heavy (non-hydrogen) atoms. The van der Waals surface area contributed by atoms with E-state index >= 15 is 0 Å². The number of fused-ring (bicyclic) bond motifs is 1. The molecule has 0 radical (unpaired) electrons.